The molecule has 1 atom stereocenters. The molecule has 6 heteroatoms. The lowest BCUT2D eigenvalue weighted by Gasteiger charge is -2.28. The van der Waals surface area contributed by atoms with Gasteiger partial charge in [0.15, 0.2) is 0 Å². The molecule has 2 aromatic carbocycles. The molecule has 1 aliphatic rings. The zero-order chi connectivity index (χ0) is 22.5. The fourth-order valence-corrected chi connectivity index (χ4v) is 4.38. The third kappa shape index (κ3) is 4.75. The number of carbonyl (C=O) groups excluding carboxylic acids is 2. The number of aryl methyl sites for hydroxylation is 1. The number of likely N-dealkylation sites (N-methyl/N-ethyl adjacent to an activating group) is 1. The summed E-state index contributed by atoms with van der Waals surface area (Å²) in [6.07, 6.45) is 3.69. The summed E-state index contributed by atoms with van der Waals surface area (Å²) in [6, 6.07) is 19.4. The van der Waals surface area contributed by atoms with E-state index in [9.17, 15) is 9.59 Å². The average Bonchev–Trinajstić information content (AvgIpc) is 3.49. The van der Waals surface area contributed by atoms with Crippen molar-refractivity contribution in [2.45, 2.75) is 32.4 Å². The maximum Gasteiger partial charge on any atom is 0.253 e. The number of anilines is 1. The molecule has 1 fully saturated rings. The number of carbonyl (C=O) groups is 2. The van der Waals surface area contributed by atoms with Crippen molar-refractivity contribution in [1.82, 2.24) is 10.2 Å². The highest BCUT2D eigenvalue weighted by Gasteiger charge is 2.30. The number of nitrogens with zero attached hydrogens (tertiary/aromatic N) is 2. The third-order valence-corrected chi connectivity index (χ3v) is 6.14. The van der Waals surface area contributed by atoms with Gasteiger partial charge in [-0.05, 0) is 61.7 Å². The first-order valence-electron chi connectivity index (χ1n) is 11.0. The first-order valence-corrected chi connectivity index (χ1v) is 11.0. The van der Waals surface area contributed by atoms with Crippen LogP contribution in [0.25, 0.3) is 0 Å². The lowest BCUT2D eigenvalue weighted by Crippen LogP contribution is -2.39. The van der Waals surface area contributed by atoms with Gasteiger partial charge in [0.05, 0.1) is 30.6 Å². The van der Waals surface area contributed by atoms with Crippen LogP contribution in [0.5, 0.6) is 0 Å². The van der Waals surface area contributed by atoms with E-state index in [0.717, 1.165) is 19.4 Å². The molecule has 0 saturated carbocycles. The minimum absolute atomic E-state index is 0.0308. The van der Waals surface area contributed by atoms with Crippen LogP contribution in [-0.2, 0) is 11.3 Å². The van der Waals surface area contributed by atoms with Gasteiger partial charge in [0.2, 0.25) is 5.91 Å². The van der Waals surface area contributed by atoms with Gasteiger partial charge in [0.25, 0.3) is 5.91 Å². The van der Waals surface area contributed by atoms with Crippen molar-refractivity contribution in [3.8, 4) is 0 Å². The Hall–Kier alpha value is -3.38. The first kappa shape index (κ1) is 21.8. The molecule has 1 aromatic heterocycles. The molecule has 0 aliphatic carbocycles. The molecule has 1 N–H and O–H groups in total. The van der Waals surface area contributed by atoms with Crippen LogP contribution in [0.4, 0.5) is 5.69 Å². The largest absolute Gasteiger partial charge is 0.467 e. The predicted octanol–water partition coefficient (Wildman–Crippen LogP) is 4.32. The molecular weight excluding hydrogens is 402 g/mol. The molecule has 0 radical (unpaired) electrons. The minimum Gasteiger partial charge on any atom is -0.467 e. The molecule has 6 nitrogen and oxygen atoms in total. The smallest absolute Gasteiger partial charge is 0.253 e. The summed E-state index contributed by atoms with van der Waals surface area (Å²) >= 11 is 0. The zero-order valence-electron chi connectivity index (χ0n) is 18.6. The second-order valence-electron chi connectivity index (χ2n) is 8.22. The lowest BCUT2D eigenvalue weighted by atomic mass is 9.99. The number of benzene rings is 2. The van der Waals surface area contributed by atoms with Gasteiger partial charge >= 0.3 is 0 Å². The highest BCUT2D eigenvalue weighted by Crippen LogP contribution is 2.33. The van der Waals surface area contributed by atoms with Crippen LogP contribution >= 0.6 is 0 Å². The Bertz CT molecular complexity index is 1080. The summed E-state index contributed by atoms with van der Waals surface area (Å²) in [5, 5.41) is 2.86. The van der Waals surface area contributed by atoms with E-state index in [2.05, 4.69) is 35.3 Å². The lowest BCUT2D eigenvalue weighted by molar-refractivity contribution is -0.119. The van der Waals surface area contributed by atoms with E-state index in [1.165, 1.54) is 11.1 Å². The van der Waals surface area contributed by atoms with Crippen molar-refractivity contribution in [3.05, 3.63) is 89.4 Å². The number of rotatable bonds is 7. The van der Waals surface area contributed by atoms with Crippen LogP contribution in [0.1, 0.15) is 46.1 Å². The number of likely N-dealkylation sites (tertiary alicyclic amines) is 1. The van der Waals surface area contributed by atoms with Crippen molar-refractivity contribution in [2.24, 2.45) is 0 Å². The van der Waals surface area contributed by atoms with Gasteiger partial charge < -0.3 is 14.6 Å². The zero-order valence-corrected chi connectivity index (χ0v) is 18.6. The van der Waals surface area contributed by atoms with E-state index in [-0.39, 0.29) is 17.9 Å². The number of nitrogens with one attached hydrogen (secondary N) is 1. The predicted molar refractivity (Wildman–Crippen MR) is 124 cm³/mol. The van der Waals surface area contributed by atoms with E-state index in [4.69, 9.17) is 4.42 Å². The maximum absolute atomic E-state index is 13.2. The van der Waals surface area contributed by atoms with Crippen molar-refractivity contribution >= 4 is 17.5 Å². The van der Waals surface area contributed by atoms with Crippen LogP contribution in [-0.4, -0.2) is 36.9 Å². The average molecular weight is 432 g/mol. The second-order valence-corrected chi connectivity index (χ2v) is 8.22. The summed E-state index contributed by atoms with van der Waals surface area (Å²) in [7, 11) is 1.74. The molecular formula is C26H29N3O3. The van der Waals surface area contributed by atoms with Crippen molar-refractivity contribution < 1.29 is 14.0 Å². The summed E-state index contributed by atoms with van der Waals surface area (Å²) in [4.78, 5) is 29.9. The summed E-state index contributed by atoms with van der Waals surface area (Å²) in [6.45, 7) is 3.63. The van der Waals surface area contributed by atoms with Crippen LogP contribution in [0.15, 0.2) is 71.3 Å². The Balaban J connectivity index is 1.46. The molecule has 1 aliphatic heterocycles. The molecule has 4 rings (SSSR count). The van der Waals surface area contributed by atoms with Gasteiger partial charge in [-0.15, -0.1) is 0 Å². The fourth-order valence-electron chi connectivity index (χ4n) is 4.38. The van der Waals surface area contributed by atoms with Crippen molar-refractivity contribution in [3.63, 3.8) is 0 Å². The van der Waals surface area contributed by atoms with Crippen LogP contribution in [0, 0.1) is 6.92 Å². The Morgan fingerprint density at radius 3 is 2.66 bits per heavy atom. The normalized spacial score (nSPS) is 16.1. The van der Waals surface area contributed by atoms with Crippen LogP contribution in [0.3, 0.4) is 0 Å². The summed E-state index contributed by atoms with van der Waals surface area (Å²) in [5.74, 6) is 0.406. The van der Waals surface area contributed by atoms with Gasteiger partial charge in [-0.1, -0.05) is 36.4 Å². The van der Waals surface area contributed by atoms with Gasteiger partial charge in [-0.25, -0.2) is 0 Å². The standard InChI is InChI=1S/C26H29N3O3/c1-19-9-3-4-11-21(19)24-14-7-15-29(24)18-25(30)28(2)23-13-6-5-12-22(23)26(31)27-17-20-10-8-16-32-20/h3-6,8-13,16,24H,7,14-15,17-18H2,1-2H3,(H,27,31). The number of hydrogen-bond acceptors (Lipinski definition) is 4. The third-order valence-electron chi connectivity index (χ3n) is 6.14. The molecule has 0 bridgehead atoms. The van der Waals surface area contributed by atoms with Gasteiger partial charge in [0, 0.05) is 13.1 Å². The Kier molecular flexibility index (Phi) is 6.71. The number of hydrogen-bond donors (Lipinski definition) is 1. The number of amides is 2. The van der Waals surface area contributed by atoms with Crippen LogP contribution in [0.2, 0.25) is 0 Å². The monoisotopic (exact) mass is 431 g/mol. The summed E-state index contributed by atoms with van der Waals surface area (Å²) < 4.78 is 5.28. The first-order chi connectivity index (χ1) is 15.5. The van der Waals surface area contributed by atoms with Crippen molar-refractivity contribution in [2.75, 3.05) is 25.0 Å². The maximum atomic E-state index is 13.2. The molecule has 1 unspecified atom stereocenters. The Labute approximate surface area is 188 Å². The molecule has 2 heterocycles. The van der Waals surface area contributed by atoms with E-state index < -0.39 is 0 Å². The highest BCUT2D eigenvalue weighted by atomic mass is 16.3. The molecule has 166 valence electrons. The van der Waals surface area contributed by atoms with E-state index in [1.807, 2.05) is 24.3 Å². The van der Waals surface area contributed by atoms with Gasteiger partial charge in [-0.3, -0.25) is 14.5 Å². The highest BCUT2D eigenvalue weighted by molar-refractivity contribution is 6.05. The molecule has 32 heavy (non-hydrogen) atoms. The molecule has 1 saturated heterocycles. The SMILES string of the molecule is Cc1ccccc1C1CCCN1CC(=O)N(C)c1ccccc1C(=O)NCc1ccco1. The van der Waals surface area contributed by atoms with Gasteiger partial charge in [0.1, 0.15) is 5.76 Å². The summed E-state index contributed by atoms with van der Waals surface area (Å²) in [5.41, 5.74) is 3.61. The van der Waals surface area contributed by atoms with E-state index >= 15 is 0 Å². The Morgan fingerprint density at radius 2 is 1.88 bits per heavy atom. The number of furan rings is 1. The molecule has 3 aromatic rings. The van der Waals surface area contributed by atoms with Crippen LogP contribution < -0.4 is 10.2 Å². The minimum atomic E-state index is -0.240. The second kappa shape index (κ2) is 9.83. The Morgan fingerprint density at radius 1 is 1.09 bits per heavy atom. The molecule has 2 amide bonds. The topological polar surface area (TPSA) is 65.8 Å². The van der Waals surface area contributed by atoms with Crippen molar-refractivity contribution in [1.29, 1.82) is 0 Å². The van der Waals surface area contributed by atoms with Gasteiger partial charge in [-0.2, -0.15) is 0 Å². The van der Waals surface area contributed by atoms with E-state index in [0.29, 0.717) is 30.1 Å². The number of para-hydroxylation sites is 1. The quantitative estimate of drug-likeness (QED) is 0.605. The van der Waals surface area contributed by atoms with E-state index in [1.54, 1.807) is 36.4 Å². The molecule has 0 spiro atoms. The fraction of sp³-hybridized carbons (Fsp3) is 0.308.